The number of thiazole rings is 1. The van der Waals surface area contributed by atoms with Gasteiger partial charge in [-0.05, 0) is 48.5 Å². The highest BCUT2D eigenvalue weighted by Crippen LogP contribution is 2.18. The Bertz CT molecular complexity index is 486. The zero-order valence-corrected chi connectivity index (χ0v) is 15.6. The molecule has 0 unspecified atom stereocenters. The highest BCUT2D eigenvalue weighted by Gasteiger charge is 2.30. The molecule has 0 bridgehead atoms. The predicted molar refractivity (Wildman–Crippen MR) is 91.3 cm³/mol. The van der Waals surface area contributed by atoms with Crippen LogP contribution in [0.15, 0.2) is 5.38 Å². The highest BCUT2D eigenvalue weighted by molar-refractivity contribution is 7.09. The third kappa shape index (κ3) is 6.75. The fraction of sp³-hybridized carbons (Fsp3) is 0.750. The number of nitrogens with one attached hydrogen (secondary N) is 1. The molecule has 0 spiro atoms. The zero-order chi connectivity index (χ0) is 17.0. The highest BCUT2D eigenvalue weighted by atomic mass is 32.1. The number of aromatic nitrogens is 1. The molecule has 0 saturated heterocycles. The number of aryl methyl sites for hydroxylation is 1. The second-order valence-corrected chi connectivity index (χ2v) is 8.40. The van der Waals surface area contributed by atoms with Crippen molar-refractivity contribution in [1.82, 2.24) is 15.2 Å². The van der Waals surface area contributed by atoms with Gasteiger partial charge in [0.2, 0.25) is 0 Å². The normalized spacial score (nSPS) is 12.3. The average Bonchev–Trinajstić information content (AvgIpc) is 2.70. The van der Waals surface area contributed by atoms with E-state index in [9.17, 15) is 4.79 Å². The quantitative estimate of drug-likeness (QED) is 0.840. The van der Waals surface area contributed by atoms with Crippen molar-refractivity contribution in [1.29, 1.82) is 0 Å². The molecular weight excluding hydrogens is 298 g/mol. The van der Waals surface area contributed by atoms with E-state index in [0.717, 1.165) is 17.2 Å². The summed E-state index contributed by atoms with van der Waals surface area (Å²) in [5, 5.41) is 6.45. The summed E-state index contributed by atoms with van der Waals surface area (Å²) in [6.45, 7) is 15.7. The summed E-state index contributed by atoms with van der Waals surface area (Å²) in [5.41, 5.74) is 0.287. The van der Waals surface area contributed by atoms with E-state index in [2.05, 4.69) is 15.7 Å². The first-order valence-corrected chi connectivity index (χ1v) is 8.49. The van der Waals surface area contributed by atoms with Crippen LogP contribution in [-0.2, 0) is 11.3 Å². The molecule has 5 nitrogen and oxygen atoms in total. The van der Waals surface area contributed by atoms with Gasteiger partial charge in [-0.1, -0.05) is 0 Å². The smallest absolute Gasteiger partial charge is 0.410 e. The van der Waals surface area contributed by atoms with E-state index in [4.69, 9.17) is 4.74 Å². The van der Waals surface area contributed by atoms with Gasteiger partial charge in [-0.3, -0.25) is 0 Å². The third-order valence-corrected chi connectivity index (χ3v) is 3.73. The lowest BCUT2D eigenvalue weighted by molar-refractivity contribution is 0.00663. The average molecular weight is 327 g/mol. The van der Waals surface area contributed by atoms with Gasteiger partial charge in [0, 0.05) is 30.6 Å². The van der Waals surface area contributed by atoms with E-state index in [-0.39, 0.29) is 11.6 Å². The lowest BCUT2D eigenvalue weighted by atomic mass is 10.1. The number of carbonyl (C=O) groups is 1. The van der Waals surface area contributed by atoms with Gasteiger partial charge in [0.25, 0.3) is 0 Å². The van der Waals surface area contributed by atoms with Crippen LogP contribution >= 0.6 is 11.3 Å². The molecule has 1 amide bonds. The molecule has 1 rings (SSSR count). The Hall–Kier alpha value is -1.14. The van der Waals surface area contributed by atoms with Gasteiger partial charge in [-0.15, -0.1) is 11.3 Å². The Morgan fingerprint density at radius 3 is 2.41 bits per heavy atom. The molecule has 0 aliphatic heterocycles. The first-order valence-electron chi connectivity index (χ1n) is 7.61. The first-order chi connectivity index (χ1) is 9.99. The number of hydrogen-bond donors (Lipinski definition) is 1. The van der Waals surface area contributed by atoms with Crippen molar-refractivity contribution in [2.45, 2.75) is 66.2 Å². The van der Waals surface area contributed by atoms with Gasteiger partial charge in [-0.25, -0.2) is 9.78 Å². The summed E-state index contributed by atoms with van der Waals surface area (Å²) in [5.74, 6) is 0. The molecule has 1 aromatic heterocycles. The number of rotatable bonds is 5. The Morgan fingerprint density at radius 2 is 1.95 bits per heavy atom. The lowest BCUT2D eigenvalue weighted by Crippen LogP contribution is -2.50. The summed E-state index contributed by atoms with van der Waals surface area (Å²) >= 11 is 1.65. The largest absolute Gasteiger partial charge is 0.444 e. The van der Waals surface area contributed by atoms with Crippen LogP contribution in [0.25, 0.3) is 0 Å². The van der Waals surface area contributed by atoms with E-state index >= 15 is 0 Å². The molecule has 126 valence electrons. The van der Waals surface area contributed by atoms with Gasteiger partial charge >= 0.3 is 6.09 Å². The van der Waals surface area contributed by atoms with Crippen LogP contribution in [0.3, 0.4) is 0 Å². The summed E-state index contributed by atoms with van der Waals surface area (Å²) in [6.07, 6.45) is -0.272. The van der Waals surface area contributed by atoms with Crippen molar-refractivity contribution in [3.8, 4) is 0 Å². The maximum Gasteiger partial charge on any atom is 0.410 e. The van der Waals surface area contributed by atoms with Crippen LogP contribution in [0.5, 0.6) is 0 Å². The number of carbonyl (C=O) groups excluding carboxylic acids is 1. The second kappa shape index (κ2) is 7.42. The molecule has 0 radical (unpaired) electrons. The first kappa shape index (κ1) is 18.9. The van der Waals surface area contributed by atoms with Gasteiger partial charge in [0.05, 0.1) is 10.7 Å². The van der Waals surface area contributed by atoms with E-state index in [1.165, 1.54) is 0 Å². The van der Waals surface area contributed by atoms with Crippen molar-refractivity contribution in [2.24, 2.45) is 0 Å². The van der Waals surface area contributed by atoms with Gasteiger partial charge in [-0.2, -0.15) is 0 Å². The van der Waals surface area contributed by atoms with Crippen molar-refractivity contribution < 1.29 is 9.53 Å². The van der Waals surface area contributed by atoms with Crippen LogP contribution in [0.4, 0.5) is 4.79 Å². The van der Waals surface area contributed by atoms with Crippen LogP contribution in [0.1, 0.15) is 52.2 Å². The molecule has 0 aliphatic carbocycles. The molecule has 1 heterocycles. The van der Waals surface area contributed by atoms with E-state index < -0.39 is 5.60 Å². The van der Waals surface area contributed by atoms with Crippen LogP contribution in [0.2, 0.25) is 0 Å². The molecule has 22 heavy (non-hydrogen) atoms. The standard InChI is InChI=1S/C16H29N3O2S/c1-12-18-13(11-22-12)10-17-8-9-19(15(2,3)4)14(20)21-16(5,6)7/h11,17H,8-10H2,1-7H3. The summed E-state index contributed by atoms with van der Waals surface area (Å²) < 4.78 is 5.49. The van der Waals surface area contributed by atoms with Crippen molar-refractivity contribution in [2.75, 3.05) is 13.1 Å². The maximum absolute atomic E-state index is 12.3. The Morgan fingerprint density at radius 1 is 1.32 bits per heavy atom. The minimum absolute atomic E-state index is 0.272. The number of nitrogens with zero attached hydrogens (tertiary/aromatic N) is 2. The third-order valence-electron chi connectivity index (χ3n) is 2.91. The minimum atomic E-state index is -0.480. The van der Waals surface area contributed by atoms with Gasteiger partial charge in [0.1, 0.15) is 5.60 Å². The SMILES string of the molecule is Cc1nc(CNCCN(C(=O)OC(C)(C)C)C(C)(C)C)cs1. The van der Waals surface area contributed by atoms with E-state index in [1.54, 1.807) is 16.2 Å². The van der Waals surface area contributed by atoms with Crippen LogP contribution < -0.4 is 5.32 Å². The maximum atomic E-state index is 12.3. The molecule has 0 atom stereocenters. The van der Waals surface area contributed by atoms with Crippen molar-refractivity contribution in [3.05, 3.63) is 16.1 Å². The van der Waals surface area contributed by atoms with Gasteiger partial charge < -0.3 is 15.0 Å². The Kier molecular flexibility index (Phi) is 6.38. The van der Waals surface area contributed by atoms with Crippen LogP contribution in [0, 0.1) is 6.92 Å². The molecule has 1 aromatic rings. The Balaban J connectivity index is 2.50. The minimum Gasteiger partial charge on any atom is -0.444 e. The van der Waals surface area contributed by atoms with Gasteiger partial charge in [0.15, 0.2) is 0 Å². The van der Waals surface area contributed by atoms with E-state index in [1.807, 2.05) is 48.5 Å². The molecule has 0 fully saturated rings. The number of ether oxygens (including phenoxy) is 1. The monoisotopic (exact) mass is 327 g/mol. The van der Waals surface area contributed by atoms with Crippen molar-refractivity contribution >= 4 is 17.4 Å². The molecule has 1 N–H and O–H groups in total. The molecular formula is C16H29N3O2S. The summed E-state index contributed by atoms with van der Waals surface area (Å²) in [4.78, 5) is 18.5. The van der Waals surface area contributed by atoms with Crippen LogP contribution in [-0.4, -0.2) is 40.2 Å². The summed E-state index contributed by atoms with van der Waals surface area (Å²) in [7, 11) is 0. The number of hydrogen-bond acceptors (Lipinski definition) is 5. The summed E-state index contributed by atoms with van der Waals surface area (Å²) in [6, 6.07) is 0. The number of amides is 1. The fourth-order valence-electron chi connectivity index (χ4n) is 1.91. The zero-order valence-electron chi connectivity index (χ0n) is 14.8. The molecule has 6 heteroatoms. The lowest BCUT2D eigenvalue weighted by Gasteiger charge is -2.36. The predicted octanol–water partition coefficient (Wildman–Crippen LogP) is 3.58. The molecule has 0 saturated carbocycles. The topological polar surface area (TPSA) is 54.5 Å². The molecule has 0 aliphatic rings. The molecule has 0 aromatic carbocycles. The second-order valence-electron chi connectivity index (χ2n) is 7.34. The van der Waals surface area contributed by atoms with Crippen molar-refractivity contribution in [3.63, 3.8) is 0 Å². The Labute approximate surface area is 138 Å². The van der Waals surface area contributed by atoms with E-state index in [0.29, 0.717) is 13.1 Å². The fourth-order valence-corrected chi connectivity index (χ4v) is 2.53.